The first kappa shape index (κ1) is 17.7. The molecular weight excluding hydrogens is 337 g/mol. The number of anilines is 1. The number of aromatic nitrogens is 2. The number of hydrazone groups is 1. The minimum atomic E-state index is -5.37. The van der Waals surface area contributed by atoms with Crippen LogP contribution < -0.4 is 5.43 Å². The Labute approximate surface area is 133 Å². The number of aliphatic hydroxyl groups is 1. The second kappa shape index (κ2) is 6.11. The third-order valence-electron chi connectivity index (χ3n) is 3.04. The van der Waals surface area contributed by atoms with Gasteiger partial charge in [-0.05, 0) is 13.8 Å². The van der Waals surface area contributed by atoms with Gasteiger partial charge in [-0.3, -0.25) is 5.43 Å². The molecule has 2 heterocycles. The molecule has 0 aliphatic carbocycles. The molecule has 2 N–H and O–H groups in total. The van der Waals surface area contributed by atoms with Crippen molar-refractivity contribution in [1.29, 1.82) is 0 Å². The molecule has 0 amide bonds. The zero-order valence-corrected chi connectivity index (χ0v) is 12.5. The molecule has 0 bridgehead atoms. The Hall–Kier alpha value is -2.63. The summed E-state index contributed by atoms with van der Waals surface area (Å²) >= 11 is 0. The molecule has 0 fully saturated rings. The number of fused-ring (bicyclic) bond motifs is 1. The first-order chi connectivity index (χ1) is 11.2. The van der Waals surface area contributed by atoms with Crippen LogP contribution in [0.15, 0.2) is 11.3 Å². The molecule has 0 spiro atoms. The van der Waals surface area contributed by atoms with E-state index in [4.69, 9.17) is 0 Å². The molecule has 0 saturated carbocycles. The fourth-order valence-electron chi connectivity index (χ4n) is 1.99. The van der Waals surface area contributed by atoms with Crippen LogP contribution in [-0.2, 0) is 20.0 Å². The maximum absolute atomic E-state index is 13.5. The van der Waals surface area contributed by atoms with E-state index in [-0.39, 0.29) is 23.5 Å². The number of ether oxygens (including phenoxy) is 2. The van der Waals surface area contributed by atoms with E-state index in [1.807, 2.05) is 0 Å². The third-order valence-corrected chi connectivity index (χ3v) is 3.04. The summed E-state index contributed by atoms with van der Waals surface area (Å²) in [6.07, 6.45) is -4.60. The molecule has 1 aromatic heterocycles. The van der Waals surface area contributed by atoms with E-state index < -0.39 is 35.4 Å². The molecule has 2 rings (SSSR count). The van der Waals surface area contributed by atoms with E-state index in [1.54, 1.807) is 0 Å². The number of nitrogens with one attached hydrogen (secondary N) is 1. The van der Waals surface area contributed by atoms with Gasteiger partial charge in [-0.1, -0.05) is 0 Å². The molecule has 1 unspecified atom stereocenters. The minimum absolute atomic E-state index is 0.0235. The van der Waals surface area contributed by atoms with E-state index in [0.29, 0.717) is 0 Å². The fourth-order valence-corrected chi connectivity index (χ4v) is 1.99. The normalized spacial score (nSPS) is 19.8. The van der Waals surface area contributed by atoms with Crippen molar-refractivity contribution in [2.75, 3.05) is 18.6 Å². The Kier molecular flexibility index (Phi) is 4.51. The topological polar surface area (TPSA) is 115 Å². The van der Waals surface area contributed by atoms with Gasteiger partial charge in [-0.15, -0.1) is 0 Å². The Bertz CT molecular complexity index is 699. The van der Waals surface area contributed by atoms with Crippen molar-refractivity contribution in [3.8, 4) is 0 Å². The second-order valence-corrected chi connectivity index (χ2v) is 4.50. The highest BCUT2D eigenvalue weighted by molar-refractivity contribution is 6.39. The van der Waals surface area contributed by atoms with Gasteiger partial charge < -0.3 is 14.6 Å². The van der Waals surface area contributed by atoms with Crippen LogP contribution in [0.5, 0.6) is 0 Å². The van der Waals surface area contributed by atoms with E-state index in [1.165, 1.54) is 13.8 Å². The third kappa shape index (κ3) is 2.58. The Morgan fingerprint density at radius 1 is 1.29 bits per heavy atom. The summed E-state index contributed by atoms with van der Waals surface area (Å²) in [6.45, 7) is 2.63. The zero-order valence-electron chi connectivity index (χ0n) is 12.5. The number of nitrogens with zero attached hydrogens (tertiary/aromatic N) is 3. The van der Waals surface area contributed by atoms with E-state index >= 15 is 0 Å². The summed E-state index contributed by atoms with van der Waals surface area (Å²) in [5.41, 5.74) is -3.55. The van der Waals surface area contributed by atoms with Crippen molar-refractivity contribution < 1.29 is 37.3 Å². The first-order valence-electron chi connectivity index (χ1n) is 6.74. The summed E-state index contributed by atoms with van der Waals surface area (Å²) in [6, 6.07) is 0. The molecule has 0 radical (unpaired) electrons. The van der Waals surface area contributed by atoms with Gasteiger partial charge in [0, 0.05) is 0 Å². The quantitative estimate of drug-likeness (QED) is 0.765. The fraction of sp³-hybridized carbons (Fsp3) is 0.500. The number of halogens is 3. The van der Waals surface area contributed by atoms with Crippen LogP contribution in [0, 0.1) is 0 Å². The molecule has 1 aromatic rings. The van der Waals surface area contributed by atoms with E-state index in [2.05, 4.69) is 25.1 Å². The number of esters is 2. The maximum atomic E-state index is 13.5. The summed E-state index contributed by atoms with van der Waals surface area (Å²) in [4.78, 5) is 23.5. The van der Waals surface area contributed by atoms with Crippen molar-refractivity contribution in [2.24, 2.45) is 5.10 Å². The minimum Gasteiger partial charge on any atom is -0.462 e. The van der Waals surface area contributed by atoms with Crippen LogP contribution in [0.2, 0.25) is 0 Å². The lowest BCUT2D eigenvalue weighted by molar-refractivity contribution is -0.269. The molecule has 1 aliphatic heterocycles. The second-order valence-electron chi connectivity index (χ2n) is 4.50. The lowest BCUT2D eigenvalue weighted by Crippen LogP contribution is -2.59. The predicted octanol–water partition coefficient (Wildman–Crippen LogP) is 0.612. The van der Waals surface area contributed by atoms with Gasteiger partial charge >= 0.3 is 23.8 Å². The monoisotopic (exact) mass is 350 g/mol. The summed E-state index contributed by atoms with van der Waals surface area (Å²) in [7, 11) is 0. The van der Waals surface area contributed by atoms with Gasteiger partial charge in [-0.25, -0.2) is 14.3 Å². The highest BCUT2D eigenvalue weighted by Crippen LogP contribution is 2.40. The average Bonchev–Trinajstić information content (AvgIpc) is 2.92. The van der Waals surface area contributed by atoms with Crippen molar-refractivity contribution in [3.05, 3.63) is 11.8 Å². The number of carbonyl (C=O) groups excluding carboxylic acids is 2. The number of carbonyl (C=O) groups is 2. The summed E-state index contributed by atoms with van der Waals surface area (Å²) in [5, 5.41) is 16.8. The number of hydrogen-bond acceptors (Lipinski definition) is 8. The van der Waals surface area contributed by atoms with Gasteiger partial charge in [-0.2, -0.15) is 23.4 Å². The van der Waals surface area contributed by atoms with E-state index in [9.17, 15) is 27.9 Å². The van der Waals surface area contributed by atoms with Crippen molar-refractivity contribution >= 4 is 23.5 Å². The SMILES string of the molecule is CCOC(=O)C1=NNc2c(C(=O)OCC)cnn2C1(O)C(F)(F)F. The van der Waals surface area contributed by atoms with Gasteiger partial charge in [0.2, 0.25) is 5.71 Å². The van der Waals surface area contributed by atoms with Gasteiger partial charge in [0.05, 0.1) is 19.4 Å². The Morgan fingerprint density at radius 3 is 2.42 bits per heavy atom. The lowest BCUT2D eigenvalue weighted by atomic mass is 10.1. The molecule has 1 atom stereocenters. The number of hydrogen-bond donors (Lipinski definition) is 2. The average molecular weight is 350 g/mol. The maximum Gasteiger partial charge on any atom is 0.445 e. The molecule has 0 aromatic carbocycles. The Morgan fingerprint density at radius 2 is 1.88 bits per heavy atom. The highest BCUT2D eigenvalue weighted by Gasteiger charge is 2.65. The van der Waals surface area contributed by atoms with Gasteiger partial charge in [0.15, 0.2) is 5.82 Å². The van der Waals surface area contributed by atoms with Gasteiger partial charge in [0.1, 0.15) is 5.56 Å². The first-order valence-corrected chi connectivity index (χ1v) is 6.74. The van der Waals surface area contributed by atoms with Crippen molar-refractivity contribution in [3.63, 3.8) is 0 Å². The Balaban J connectivity index is 2.58. The van der Waals surface area contributed by atoms with Gasteiger partial charge in [0.25, 0.3) is 0 Å². The number of alkyl halides is 3. The standard InChI is InChI=1S/C12H13F3N4O5/c1-3-23-9(20)6-5-16-19-8(6)18-17-7(10(21)24-4-2)11(19,22)12(13,14)15/h5,18,22H,3-4H2,1-2H3. The van der Waals surface area contributed by atoms with Crippen LogP contribution >= 0.6 is 0 Å². The molecule has 1 aliphatic rings. The summed E-state index contributed by atoms with van der Waals surface area (Å²) < 4.78 is 49.6. The number of rotatable bonds is 4. The van der Waals surface area contributed by atoms with Crippen LogP contribution in [0.25, 0.3) is 0 Å². The molecular formula is C12H13F3N4O5. The van der Waals surface area contributed by atoms with Crippen LogP contribution in [0.1, 0.15) is 24.2 Å². The smallest absolute Gasteiger partial charge is 0.445 e. The predicted molar refractivity (Wildman–Crippen MR) is 72.1 cm³/mol. The lowest BCUT2D eigenvalue weighted by Gasteiger charge is -2.34. The molecule has 24 heavy (non-hydrogen) atoms. The van der Waals surface area contributed by atoms with Crippen molar-refractivity contribution in [1.82, 2.24) is 9.78 Å². The van der Waals surface area contributed by atoms with Crippen LogP contribution in [0.4, 0.5) is 19.0 Å². The molecule has 132 valence electrons. The van der Waals surface area contributed by atoms with Crippen LogP contribution in [0.3, 0.4) is 0 Å². The van der Waals surface area contributed by atoms with Crippen LogP contribution in [-0.4, -0.2) is 51.9 Å². The molecule has 12 heteroatoms. The highest BCUT2D eigenvalue weighted by atomic mass is 19.4. The largest absolute Gasteiger partial charge is 0.462 e. The summed E-state index contributed by atoms with van der Waals surface area (Å²) in [5.74, 6) is -3.02. The van der Waals surface area contributed by atoms with Crippen molar-refractivity contribution in [2.45, 2.75) is 25.7 Å². The zero-order chi connectivity index (χ0) is 18.1. The molecule has 0 saturated heterocycles. The van der Waals surface area contributed by atoms with E-state index in [0.717, 1.165) is 6.20 Å². The molecule has 9 nitrogen and oxygen atoms in total.